The second kappa shape index (κ2) is 9.59. The van der Waals surface area contributed by atoms with Crippen molar-refractivity contribution < 1.29 is 14.0 Å². The van der Waals surface area contributed by atoms with E-state index in [1.807, 2.05) is 12.1 Å². The number of anilines is 2. The molecule has 0 unspecified atom stereocenters. The number of benzene rings is 3. The molecule has 164 valence electrons. The van der Waals surface area contributed by atoms with Crippen molar-refractivity contribution in [3.8, 4) is 0 Å². The van der Waals surface area contributed by atoms with Crippen LogP contribution in [0, 0.1) is 5.82 Å². The lowest BCUT2D eigenvalue weighted by molar-refractivity contribution is 0.102. The number of rotatable bonds is 5. The largest absolute Gasteiger partial charge is 0.324 e. The number of carbonyl (C=O) groups excluding carboxylic acids is 2. The number of amides is 3. The van der Waals surface area contributed by atoms with Gasteiger partial charge in [0.05, 0.1) is 10.0 Å². The smallest absolute Gasteiger partial charge is 0.322 e. The molecule has 8 heteroatoms. The molecule has 1 heterocycles. The van der Waals surface area contributed by atoms with Crippen LogP contribution in [-0.4, -0.2) is 29.9 Å². The fourth-order valence-electron chi connectivity index (χ4n) is 3.61. The predicted molar refractivity (Wildman–Crippen MR) is 125 cm³/mol. The summed E-state index contributed by atoms with van der Waals surface area (Å²) in [6.07, 6.45) is 0.799. The summed E-state index contributed by atoms with van der Waals surface area (Å²) in [4.78, 5) is 29.0. The first-order valence-electron chi connectivity index (χ1n) is 10.1. The van der Waals surface area contributed by atoms with Gasteiger partial charge >= 0.3 is 6.03 Å². The Labute approximate surface area is 195 Å². The van der Waals surface area contributed by atoms with Crippen LogP contribution in [0.15, 0.2) is 66.7 Å². The third kappa shape index (κ3) is 5.03. The van der Waals surface area contributed by atoms with Gasteiger partial charge in [0.25, 0.3) is 5.91 Å². The number of hydrogen-bond donors (Lipinski definition) is 1. The lowest BCUT2D eigenvalue weighted by Gasteiger charge is -2.36. The van der Waals surface area contributed by atoms with E-state index in [1.54, 1.807) is 40.1 Å². The molecular weight excluding hydrogens is 452 g/mol. The first kappa shape index (κ1) is 22.1. The van der Waals surface area contributed by atoms with Crippen LogP contribution in [0.5, 0.6) is 0 Å². The molecule has 1 N–H and O–H groups in total. The molecule has 0 spiro atoms. The zero-order chi connectivity index (χ0) is 22.7. The van der Waals surface area contributed by atoms with Gasteiger partial charge in [0.15, 0.2) is 0 Å². The van der Waals surface area contributed by atoms with Crippen molar-refractivity contribution >= 4 is 46.5 Å². The first-order chi connectivity index (χ1) is 15.4. The van der Waals surface area contributed by atoms with E-state index in [4.69, 9.17) is 23.2 Å². The molecule has 1 fully saturated rings. The molecule has 1 saturated heterocycles. The Morgan fingerprint density at radius 3 is 2.56 bits per heavy atom. The first-order valence-corrected chi connectivity index (χ1v) is 10.8. The Kier molecular flexibility index (Phi) is 6.63. The molecule has 32 heavy (non-hydrogen) atoms. The van der Waals surface area contributed by atoms with Gasteiger partial charge in [0, 0.05) is 36.6 Å². The Morgan fingerprint density at radius 1 is 0.969 bits per heavy atom. The minimum atomic E-state index is -0.479. The maximum absolute atomic E-state index is 13.4. The summed E-state index contributed by atoms with van der Waals surface area (Å²) in [5.74, 6) is -0.903. The van der Waals surface area contributed by atoms with Crippen LogP contribution in [0.2, 0.25) is 10.0 Å². The van der Waals surface area contributed by atoms with Crippen LogP contribution in [0.4, 0.5) is 20.6 Å². The Morgan fingerprint density at radius 2 is 1.78 bits per heavy atom. The summed E-state index contributed by atoms with van der Waals surface area (Å²) in [6.45, 7) is 1.62. The lowest BCUT2D eigenvalue weighted by atomic mass is 10.1. The molecule has 1 aliphatic heterocycles. The average molecular weight is 472 g/mol. The van der Waals surface area contributed by atoms with E-state index < -0.39 is 11.7 Å². The van der Waals surface area contributed by atoms with Gasteiger partial charge in [-0.25, -0.2) is 9.18 Å². The van der Waals surface area contributed by atoms with Crippen molar-refractivity contribution in [1.82, 2.24) is 4.90 Å². The highest BCUT2D eigenvalue weighted by Crippen LogP contribution is 2.27. The SMILES string of the molecule is O=C(Nc1cccc(N2CCCN(Cc3ccc(Cl)c(Cl)c3)C2=O)c1)c1cccc(F)c1. The molecular formula is C24H20Cl2FN3O2. The molecule has 3 aromatic carbocycles. The van der Waals surface area contributed by atoms with Gasteiger partial charge in [-0.15, -0.1) is 0 Å². The van der Waals surface area contributed by atoms with Crippen molar-refractivity contribution in [2.24, 2.45) is 0 Å². The summed E-state index contributed by atoms with van der Waals surface area (Å²) >= 11 is 12.1. The van der Waals surface area contributed by atoms with Gasteiger partial charge in [-0.2, -0.15) is 0 Å². The molecule has 5 nitrogen and oxygen atoms in total. The maximum atomic E-state index is 13.4. The van der Waals surface area contributed by atoms with E-state index >= 15 is 0 Å². The molecule has 3 amide bonds. The van der Waals surface area contributed by atoms with Crippen LogP contribution in [-0.2, 0) is 6.54 Å². The average Bonchev–Trinajstić information content (AvgIpc) is 2.78. The van der Waals surface area contributed by atoms with Crippen molar-refractivity contribution in [3.05, 3.63) is 93.7 Å². The quantitative estimate of drug-likeness (QED) is 0.480. The molecule has 1 aliphatic rings. The summed E-state index contributed by atoms with van der Waals surface area (Å²) < 4.78 is 13.4. The fourth-order valence-corrected chi connectivity index (χ4v) is 3.93. The second-order valence-corrected chi connectivity index (χ2v) is 8.29. The third-order valence-electron chi connectivity index (χ3n) is 5.17. The minimum absolute atomic E-state index is 0.129. The van der Waals surface area contributed by atoms with E-state index in [2.05, 4.69) is 5.32 Å². The van der Waals surface area contributed by atoms with Gasteiger partial charge < -0.3 is 10.2 Å². The van der Waals surface area contributed by atoms with Gasteiger partial charge in [-0.3, -0.25) is 9.69 Å². The van der Waals surface area contributed by atoms with Gasteiger partial charge in [0.1, 0.15) is 5.82 Å². The standard InChI is InChI=1S/C24H20Cl2FN3O2/c25-21-9-8-16(12-22(21)26)15-29-10-3-11-30(24(29)32)20-7-2-6-19(14-20)28-23(31)17-4-1-5-18(27)13-17/h1-2,4-9,12-14H,3,10-11,15H2,(H,28,31). The number of carbonyl (C=O) groups is 2. The van der Waals surface area contributed by atoms with Crippen LogP contribution < -0.4 is 10.2 Å². The molecule has 0 bridgehead atoms. The Hall–Kier alpha value is -3.09. The van der Waals surface area contributed by atoms with Crippen molar-refractivity contribution in [2.45, 2.75) is 13.0 Å². The Balaban J connectivity index is 1.48. The summed E-state index contributed by atoms with van der Waals surface area (Å²) in [7, 11) is 0. The third-order valence-corrected chi connectivity index (χ3v) is 5.91. The predicted octanol–water partition coefficient (Wildman–Crippen LogP) is 6.22. The number of hydrogen-bond acceptors (Lipinski definition) is 2. The highest BCUT2D eigenvalue weighted by Gasteiger charge is 2.27. The van der Waals surface area contributed by atoms with E-state index in [0.717, 1.165) is 12.0 Å². The monoisotopic (exact) mass is 471 g/mol. The number of nitrogens with one attached hydrogen (secondary N) is 1. The van der Waals surface area contributed by atoms with Crippen LogP contribution in [0.1, 0.15) is 22.3 Å². The zero-order valence-corrected chi connectivity index (χ0v) is 18.5. The zero-order valence-electron chi connectivity index (χ0n) is 17.0. The van der Waals surface area contributed by atoms with Crippen molar-refractivity contribution in [2.75, 3.05) is 23.3 Å². The van der Waals surface area contributed by atoms with Gasteiger partial charge in [0.2, 0.25) is 0 Å². The normalized spacial score (nSPS) is 13.9. The highest BCUT2D eigenvalue weighted by molar-refractivity contribution is 6.42. The number of urea groups is 1. The minimum Gasteiger partial charge on any atom is -0.322 e. The fraction of sp³-hybridized carbons (Fsp3) is 0.167. The molecule has 0 aliphatic carbocycles. The number of nitrogens with zero attached hydrogens (tertiary/aromatic N) is 2. The van der Waals surface area contributed by atoms with Crippen molar-refractivity contribution in [3.63, 3.8) is 0 Å². The molecule has 0 radical (unpaired) electrons. The molecule has 0 atom stereocenters. The second-order valence-electron chi connectivity index (χ2n) is 7.47. The van der Waals surface area contributed by atoms with Crippen LogP contribution in [0.3, 0.4) is 0 Å². The van der Waals surface area contributed by atoms with Crippen LogP contribution in [0.25, 0.3) is 0 Å². The molecule has 0 aromatic heterocycles. The summed E-state index contributed by atoms with van der Waals surface area (Å²) in [6, 6.07) is 17.7. The highest BCUT2D eigenvalue weighted by atomic mass is 35.5. The molecule has 0 saturated carbocycles. The topological polar surface area (TPSA) is 52.7 Å². The van der Waals surface area contributed by atoms with E-state index in [0.29, 0.717) is 41.1 Å². The number of halogens is 3. The Bertz CT molecular complexity index is 1170. The van der Waals surface area contributed by atoms with E-state index in [9.17, 15) is 14.0 Å². The van der Waals surface area contributed by atoms with Crippen LogP contribution >= 0.6 is 23.2 Å². The van der Waals surface area contributed by atoms with Gasteiger partial charge in [-0.1, -0.05) is 41.4 Å². The summed E-state index contributed by atoms with van der Waals surface area (Å²) in [5, 5.41) is 3.68. The van der Waals surface area contributed by atoms with Gasteiger partial charge in [-0.05, 0) is 60.5 Å². The summed E-state index contributed by atoms with van der Waals surface area (Å²) in [5.41, 5.74) is 2.31. The van der Waals surface area contributed by atoms with E-state index in [-0.39, 0.29) is 11.6 Å². The van der Waals surface area contributed by atoms with Crippen molar-refractivity contribution in [1.29, 1.82) is 0 Å². The molecule has 3 aromatic rings. The lowest BCUT2D eigenvalue weighted by Crippen LogP contribution is -2.49. The molecule has 4 rings (SSSR count). The van der Waals surface area contributed by atoms with E-state index in [1.165, 1.54) is 24.3 Å². The maximum Gasteiger partial charge on any atom is 0.324 e.